The van der Waals surface area contributed by atoms with Gasteiger partial charge < -0.3 is 5.32 Å². The molecule has 0 amide bonds. The van der Waals surface area contributed by atoms with Crippen molar-refractivity contribution >= 4 is 11.6 Å². The van der Waals surface area contributed by atoms with E-state index in [0.29, 0.717) is 0 Å². The van der Waals surface area contributed by atoms with Crippen LogP contribution in [0, 0.1) is 12.7 Å². The summed E-state index contributed by atoms with van der Waals surface area (Å²) in [5.74, 6) is -0.173. The standard InChI is InChI=1S/C16H17ClFN/c1-12-9-16(18)6-5-14(12)7-8-19-11-13-3-2-4-15(17)10-13/h2-6,9-10,19H,7-8,11H2,1H3. The lowest BCUT2D eigenvalue weighted by molar-refractivity contribution is 0.624. The lowest BCUT2D eigenvalue weighted by atomic mass is 10.1. The van der Waals surface area contributed by atoms with Crippen molar-refractivity contribution in [1.29, 1.82) is 0 Å². The monoisotopic (exact) mass is 277 g/mol. The van der Waals surface area contributed by atoms with Gasteiger partial charge in [-0.25, -0.2) is 4.39 Å². The van der Waals surface area contributed by atoms with E-state index in [4.69, 9.17) is 11.6 Å². The van der Waals surface area contributed by atoms with E-state index in [1.54, 1.807) is 6.07 Å². The summed E-state index contributed by atoms with van der Waals surface area (Å²) < 4.78 is 13.0. The highest BCUT2D eigenvalue weighted by molar-refractivity contribution is 6.30. The van der Waals surface area contributed by atoms with Gasteiger partial charge in [0.1, 0.15) is 5.82 Å². The van der Waals surface area contributed by atoms with Gasteiger partial charge in [0, 0.05) is 11.6 Å². The molecule has 0 aliphatic rings. The van der Waals surface area contributed by atoms with Crippen LogP contribution in [0.2, 0.25) is 5.02 Å². The third-order valence-electron chi connectivity index (χ3n) is 3.09. The van der Waals surface area contributed by atoms with Crippen LogP contribution in [0.25, 0.3) is 0 Å². The zero-order chi connectivity index (χ0) is 13.7. The van der Waals surface area contributed by atoms with E-state index in [1.807, 2.05) is 37.3 Å². The highest BCUT2D eigenvalue weighted by Gasteiger charge is 2.00. The van der Waals surface area contributed by atoms with E-state index < -0.39 is 0 Å². The summed E-state index contributed by atoms with van der Waals surface area (Å²) in [5.41, 5.74) is 3.35. The molecule has 0 aliphatic carbocycles. The van der Waals surface area contributed by atoms with Crippen LogP contribution in [0.15, 0.2) is 42.5 Å². The molecule has 0 heterocycles. The van der Waals surface area contributed by atoms with Crippen molar-refractivity contribution in [1.82, 2.24) is 5.32 Å². The highest BCUT2D eigenvalue weighted by atomic mass is 35.5. The van der Waals surface area contributed by atoms with Gasteiger partial charge in [-0.05, 0) is 60.8 Å². The normalized spacial score (nSPS) is 10.7. The van der Waals surface area contributed by atoms with Gasteiger partial charge >= 0.3 is 0 Å². The van der Waals surface area contributed by atoms with Gasteiger partial charge in [-0.3, -0.25) is 0 Å². The number of hydrogen-bond donors (Lipinski definition) is 1. The molecule has 1 nitrogen and oxygen atoms in total. The van der Waals surface area contributed by atoms with Crippen molar-refractivity contribution in [2.75, 3.05) is 6.54 Å². The summed E-state index contributed by atoms with van der Waals surface area (Å²) >= 11 is 5.93. The van der Waals surface area contributed by atoms with Crippen molar-refractivity contribution < 1.29 is 4.39 Å². The molecular weight excluding hydrogens is 261 g/mol. The van der Waals surface area contributed by atoms with E-state index in [-0.39, 0.29) is 5.82 Å². The topological polar surface area (TPSA) is 12.0 Å². The fraction of sp³-hybridized carbons (Fsp3) is 0.250. The second-order valence-corrected chi connectivity index (χ2v) is 5.06. The molecule has 3 heteroatoms. The summed E-state index contributed by atoms with van der Waals surface area (Å²) in [6.45, 7) is 3.59. The first-order valence-corrected chi connectivity index (χ1v) is 6.73. The molecule has 2 aromatic carbocycles. The fourth-order valence-corrected chi connectivity index (χ4v) is 2.26. The Morgan fingerprint density at radius 2 is 2.00 bits per heavy atom. The Balaban J connectivity index is 1.81. The van der Waals surface area contributed by atoms with Gasteiger partial charge in [0.2, 0.25) is 0 Å². The maximum Gasteiger partial charge on any atom is 0.123 e. The molecule has 0 saturated carbocycles. The molecule has 0 aromatic heterocycles. The first-order valence-electron chi connectivity index (χ1n) is 6.35. The number of hydrogen-bond acceptors (Lipinski definition) is 1. The minimum atomic E-state index is -0.173. The Morgan fingerprint density at radius 1 is 1.16 bits per heavy atom. The van der Waals surface area contributed by atoms with Gasteiger partial charge in [-0.15, -0.1) is 0 Å². The number of halogens is 2. The fourth-order valence-electron chi connectivity index (χ4n) is 2.04. The SMILES string of the molecule is Cc1cc(F)ccc1CCNCc1cccc(Cl)c1. The van der Waals surface area contributed by atoms with Crippen molar-refractivity contribution in [3.05, 3.63) is 70.0 Å². The Bertz CT molecular complexity index is 554. The molecule has 0 spiro atoms. The number of benzene rings is 2. The molecule has 0 saturated heterocycles. The zero-order valence-corrected chi connectivity index (χ0v) is 11.7. The predicted octanol–water partition coefficient (Wildman–Crippen LogP) is 4.12. The molecule has 19 heavy (non-hydrogen) atoms. The highest BCUT2D eigenvalue weighted by Crippen LogP contribution is 2.11. The lowest BCUT2D eigenvalue weighted by Gasteiger charge is -2.08. The second kappa shape index (κ2) is 6.69. The van der Waals surface area contributed by atoms with Crippen LogP contribution in [0.3, 0.4) is 0 Å². The van der Waals surface area contributed by atoms with Crippen LogP contribution in [-0.4, -0.2) is 6.54 Å². The summed E-state index contributed by atoms with van der Waals surface area (Å²) in [4.78, 5) is 0. The summed E-state index contributed by atoms with van der Waals surface area (Å²) in [6, 6.07) is 12.8. The van der Waals surface area contributed by atoms with Crippen molar-refractivity contribution in [2.24, 2.45) is 0 Å². The molecule has 100 valence electrons. The van der Waals surface area contributed by atoms with Crippen LogP contribution in [0.4, 0.5) is 4.39 Å². The Morgan fingerprint density at radius 3 is 2.74 bits per heavy atom. The molecule has 0 radical (unpaired) electrons. The van der Waals surface area contributed by atoms with E-state index >= 15 is 0 Å². The average molecular weight is 278 g/mol. The minimum absolute atomic E-state index is 0.173. The van der Waals surface area contributed by atoms with E-state index in [0.717, 1.165) is 30.1 Å². The predicted molar refractivity (Wildman–Crippen MR) is 78.0 cm³/mol. The number of nitrogens with one attached hydrogen (secondary N) is 1. The first kappa shape index (κ1) is 14.0. The van der Waals surface area contributed by atoms with Crippen molar-refractivity contribution in [3.8, 4) is 0 Å². The molecule has 0 bridgehead atoms. The third-order valence-corrected chi connectivity index (χ3v) is 3.33. The Hall–Kier alpha value is -1.38. The van der Waals surface area contributed by atoms with Gasteiger partial charge in [0.15, 0.2) is 0 Å². The maximum atomic E-state index is 13.0. The van der Waals surface area contributed by atoms with Crippen LogP contribution in [0.1, 0.15) is 16.7 Å². The van der Waals surface area contributed by atoms with Gasteiger partial charge in [-0.1, -0.05) is 29.8 Å². The van der Waals surface area contributed by atoms with E-state index in [1.165, 1.54) is 17.2 Å². The van der Waals surface area contributed by atoms with Crippen LogP contribution in [-0.2, 0) is 13.0 Å². The number of aryl methyl sites for hydroxylation is 1. The van der Waals surface area contributed by atoms with Crippen LogP contribution >= 0.6 is 11.6 Å². The Kier molecular flexibility index (Phi) is 4.94. The van der Waals surface area contributed by atoms with Gasteiger partial charge in [0.25, 0.3) is 0 Å². The minimum Gasteiger partial charge on any atom is -0.312 e. The second-order valence-electron chi connectivity index (χ2n) is 4.63. The quantitative estimate of drug-likeness (QED) is 0.811. The zero-order valence-electron chi connectivity index (χ0n) is 10.9. The summed E-state index contributed by atoms with van der Waals surface area (Å²) in [6.07, 6.45) is 0.896. The average Bonchev–Trinajstić information content (AvgIpc) is 2.37. The molecule has 0 aliphatic heterocycles. The summed E-state index contributed by atoms with van der Waals surface area (Å²) in [7, 11) is 0. The molecule has 1 N–H and O–H groups in total. The third kappa shape index (κ3) is 4.34. The number of rotatable bonds is 5. The molecular formula is C16H17ClFN. The van der Waals surface area contributed by atoms with Crippen LogP contribution < -0.4 is 5.32 Å². The van der Waals surface area contributed by atoms with Gasteiger partial charge in [0.05, 0.1) is 0 Å². The molecule has 0 atom stereocenters. The molecule has 0 unspecified atom stereocenters. The largest absolute Gasteiger partial charge is 0.312 e. The Labute approximate surface area is 118 Å². The van der Waals surface area contributed by atoms with Crippen LogP contribution in [0.5, 0.6) is 0 Å². The van der Waals surface area contributed by atoms with E-state index in [2.05, 4.69) is 5.32 Å². The van der Waals surface area contributed by atoms with Crippen molar-refractivity contribution in [2.45, 2.75) is 19.9 Å². The maximum absolute atomic E-state index is 13.0. The molecule has 2 rings (SSSR count). The van der Waals surface area contributed by atoms with Crippen molar-refractivity contribution in [3.63, 3.8) is 0 Å². The lowest BCUT2D eigenvalue weighted by Crippen LogP contribution is -2.17. The van der Waals surface area contributed by atoms with Gasteiger partial charge in [-0.2, -0.15) is 0 Å². The van der Waals surface area contributed by atoms with E-state index in [9.17, 15) is 4.39 Å². The first-order chi connectivity index (χ1) is 9.15. The molecule has 2 aromatic rings. The summed E-state index contributed by atoms with van der Waals surface area (Å²) in [5, 5.41) is 4.12. The smallest absolute Gasteiger partial charge is 0.123 e. The molecule has 0 fully saturated rings.